The first-order valence-corrected chi connectivity index (χ1v) is 9.73. The standard InChI is InChI=1S/C22H28N2O3/c1-3-15-27-20-12-9-18(16-23-20)24-21(25)22(13-5-4-6-14-22)17-7-10-19(26-2)11-8-17/h7-12,16H,3-6,13-15H2,1-2H3,(H,24,25). The number of amides is 1. The summed E-state index contributed by atoms with van der Waals surface area (Å²) in [6.45, 7) is 2.69. The second-order valence-corrected chi connectivity index (χ2v) is 7.06. The van der Waals surface area contributed by atoms with Gasteiger partial charge in [-0.3, -0.25) is 4.79 Å². The third kappa shape index (κ3) is 4.41. The second-order valence-electron chi connectivity index (χ2n) is 7.06. The fourth-order valence-electron chi connectivity index (χ4n) is 3.71. The lowest BCUT2D eigenvalue weighted by Gasteiger charge is -2.36. The van der Waals surface area contributed by atoms with Crippen LogP contribution < -0.4 is 14.8 Å². The van der Waals surface area contributed by atoms with Crippen LogP contribution in [-0.4, -0.2) is 24.6 Å². The van der Waals surface area contributed by atoms with Crippen molar-refractivity contribution >= 4 is 11.6 Å². The minimum absolute atomic E-state index is 0.0383. The van der Waals surface area contributed by atoms with Crippen molar-refractivity contribution in [1.29, 1.82) is 0 Å². The molecule has 1 saturated carbocycles. The number of carbonyl (C=O) groups is 1. The molecular weight excluding hydrogens is 340 g/mol. The molecule has 144 valence electrons. The predicted molar refractivity (Wildman–Crippen MR) is 106 cm³/mol. The first-order valence-electron chi connectivity index (χ1n) is 9.73. The Balaban J connectivity index is 1.79. The number of nitrogens with zero attached hydrogens (tertiary/aromatic N) is 1. The molecule has 1 heterocycles. The average Bonchev–Trinajstić information content (AvgIpc) is 2.73. The molecule has 5 nitrogen and oxygen atoms in total. The number of nitrogens with one attached hydrogen (secondary N) is 1. The SMILES string of the molecule is CCCOc1ccc(NC(=O)C2(c3ccc(OC)cc3)CCCCC2)cn1. The number of hydrogen-bond acceptors (Lipinski definition) is 4. The van der Waals surface area contributed by atoms with E-state index in [2.05, 4.69) is 17.2 Å². The molecule has 3 rings (SSSR count). The lowest BCUT2D eigenvalue weighted by atomic mass is 9.68. The number of benzene rings is 1. The van der Waals surface area contributed by atoms with Gasteiger partial charge in [-0.1, -0.05) is 38.3 Å². The van der Waals surface area contributed by atoms with Gasteiger partial charge in [-0.25, -0.2) is 4.98 Å². The van der Waals surface area contributed by atoms with E-state index in [1.165, 1.54) is 6.42 Å². The Kier molecular flexibility index (Phi) is 6.32. The molecule has 1 fully saturated rings. The Morgan fingerprint density at radius 3 is 2.44 bits per heavy atom. The number of methoxy groups -OCH3 is 1. The van der Waals surface area contributed by atoms with Gasteiger partial charge in [0.05, 0.1) is 31.0 Å². The van der Waals surface area contributed by atoms with E-state index in [4.69, 9.17) is 9.47 Å². The van der Waals surface area contributed by atoms with Crippen molar-refractivity contribution in [2.24, 2.45) is 0 Å². The summed E-state index contributed by atoms with van der Waals surface area (Å²) in [5.41, 5.74) is 1.25. The van der Waals surface area contributed by atoms with Crippen molar-refractivity contribution in [3.8, 4) is 11.6 Å². The van der Waals surface area contributed by atoms with Crippen molar-refractivity contribution < 1.29 is 14.3 Å². The number of hydrogen-bond donors (Lipinski definition) is 1. The summed E-state index contributed by atoms with van der Waals surface area (Å²) in [6, 6.07) is 11.5. The van der Waals surface area contributed by atoms with Gasteiger partial charge in [-0.05, 0) is 43.0 Å². The predicted octanol–water partition coefficient (Wildman–Crippen LogP) is 4.72. The molecule has 5 heteroatoms. The van der Waals surface area contributed by atoms with Crippen LogP contribution in [0.15, 0.2) is 42.6 Å². The van der Waals surface area contributed by atoms with Crippen molar-refractivity contribution in [1.82, 2.24) is 4.98 Å². The highest BCUT2D eigenvalue weighted by Crippen LogP contribution is 2.41. The van der Waals surface area contributed by atoms with E-state index >= 15 is 0 Å². The van der Waals surface area contributed by atoms with Gasteiger partial charge in [0.1, 0.15) is 5.75 Å². The second kappa shape index (κ2) is 8.89. The van der Waals surface area contributed by atoms with Crippen LogP contribution in [0.2, 0.25) is 0 Å². The zero-order valence-corrected chi connectivity index (χ0v) is 16.2. The van der Waals surface area contributed by atoms with Crippen molar-refractivity contribution in [3.63, 3.8) is 0 Å². The monoisotopic (exact) mass is 368 g/mol. The number of carbonyl (C=O) groups excluding carboxylic acids is 1. The van der Waals surface area contributed by atoms with E-state index in [0.29, 0.717) is 18.2 Å². The molecule has 1 aliphatic rings. The van der Waals surface area contributed by atoms with Crippen LogP contribution in [0.3, 0.4) is 0 Å². The summed E-state index contributed by atoms with van der Waals surface area (Å²) in [6.07, 6.45) is 7.60. The van der Waals surface area contributed by atoms with Gasteiger partial charge >= 0.3 is 0 Å². The zero-order chi connectivity index (χ0) is 19.1. The summed E-state index contributed by atoms with van der Waals surface area (Å²) < 4.78 is 10.8. The highest BCUT2D eigenvalue weighted by Gasteiger charge is 2.41. The van der Waals surface area contributed by atoms with Crippen molar-refractivity contribution in [2.45, 2.75) is 50.9 Å². The van der Waals surface area contributed by atoms with E-state index < -0.39 is 5.41 Å². The highest BCUT2D eigenvalue weighted by molar-refractivity contribution is 5.99. The summed E-state index contributed by atoms with van der Waals surface area (Å²) in [5.74, 6) is 1.42. The quantitative estimate of drug-likeness (QED) is 0.768. The molecular formula is C22H28N2O3. The van der Waals surface area contributed by atoms with Gasteiger partial charge in [0.15, 0.2) is 0 Å². The molecule has 1 amide bonds. The van der Waals surface area contributed by atoms with Crippen LogP contribution in [0.4, 0.5) is 5.69 Å². The molecule has 0 spiro atoms. The molecule has 0 unspecified atom stereocenters. The minimum atomic E-state index is -0.498. The fraction of sp³-hybridized carbons (Fsp3) is 0.455. The molecule has 1 N–H and O–H groups in total. The number of pyridine rings is 1. The Morgan fingerprint density at radius 1 is 1.11 bits per heavy atom. The van der Waals surface area contributed by atoms with Crippen LogP contribution in [0.5, 0.6) is 11.6 Å². The maximum absolute atomic E-state index is 13.3. The van der Waals surface area contributed by atoms with Gasteiger partial charge < -0.3 is 14.8 Å². The molecule has 0 atom stereocenters. The Labute approximate surface area is 161 Å². The largest absolute Gasteiger partial charge is 0.497 e. The molecule has 1 aliphatic carbocycles. The average molecular weight is 368 g/mol. The van der Waals surface area contributed by atoms with Gasteiger partial charge in [-0.15, -0.1) is 0 Å². The number of rotatable bonds is 7. The van der Waals surface area contributed by atoms with E-state index in [-0.39, 0.29) is 5.91 Å². The number of aromatic nitrogens is 1. The summed E-state index contributed by atoms with van der Waals surface area (Å²) >= 11 is 0. The van der Waals surface area contributed by atoms with Crippen molar-refractivity contribution in [2.75, 3.05) is 19.0 Å². The normalized spacial score (nSPS) is 15.8. The molecule has 0 aliphatic heterocycles. The highest BCUT2D eigenvalue weighted by atomic mass is 16.5. The lowest BCUT2D eigenvalue weighted by Crippen LogP contribution is -2.42. The van der Waals surface area contributed by atoms with E-state index in [1.54, 1.807) is 19.4 Å². The number of anilines is 1. The Morgan fingerprint density at radius 2 is 1.85 bits per heavy atom. The van der Waals surface area contributed by atoms with Crippen LogP contribution in [0, 0.1) is 0 Å². The molecule has 0 saturated heterocycles. The summed E-state index contributed by atoms with van der Waals surface area (Å²) in [5, 5.41) is 3.07. The zero-order valence-electron chi connectivity index (χ0n) is 16.2. The maximum atomic E-state index is 13.3. The molecule has 1 aromatic carbocycles. The maximum Gasteiger partial charge on any atom is 0.235 e. The third-order valence-electron chi connectivity index (χ3n) is 5.23. The van der Waals surface area contributed by atoms with Gasteiger partial charge in [0.2, 0.25) is 11.8 Å². The van der Waals surface area contributed by atoms with Crippen LogP contribution in [-0.2, 0) is 10.2 Å². The number of ether oxygens (including phenoxy) is 2. The van der Waals surface area contributed by atoms with E-state index in [0.717, 1.165) is 43.4 Å². The summed E-state index contributed by atoms with van der Waals surface area (Å²) in [4.78, 5) is 17.6. The molecule has 0 radical (unpaired) electrons. The topological polar surface area (TPSA) is 60.5 Å². The third-order valence-corrected chi connectivity index (χ3v) is 5.23. The first kappa shape index (κ1) is 19.2. The molecule has 27 heavy (non-hydrogen) atoms. The Hall–Kier alpha value is -2.56. The summed E-state index contributed by atoms with van der Waals surface area (Å²) in [7, 11) is 1.65. The first-order chi connectivity index (χ1) is 13.2. The van der Waals surface area contributed by atoms with Crippen LogP contribution >= 0.6 is 0 Å². The van der Waals surface area contributed by atoms with E-state index in [1.807, 2.05) is 30.3 Å². The van der Waals surface area contributed by atoms with E-state index in [9.17, 15) is 4.79 Å². The lowest BCUT2D eigenvalue weighted by molar-refractivity contribution is -0.122. The molecule has 0 bridgehead atoms. The minimum Gasteiger partial charge on any atom is -0.497 e. The molecule has 1 aromatic heterocycles. The van der Waals surface area contributed by atoms with Gasteiger partial charge in [0, 0.05) is 6.07 Å². The Bertz CT molecular complexity index is 735. The van der Waals surface area contributed by atoms with Crippen LogP contribution in [0.25, 0.3) is 0 Å². The smallest absolute Gasteiger partial charge is 0.235 e. The van der Waals surface area contributed by atoms with Gasteiger partial charge in [-0.2, -0.15) is 0 Å². The molecule has 2 aromatic rings. The van der Waals surface area contributed by atoms with Crippen LogP contribution in [0.1, 0.15) is 51.0 Å². The van der Waals surface area contributed by atoms with Crippen molar-refractivity contribution in [3.05, 3.63) is 48.2 Å². The van der Waals surface area contributed by atoms with Gasteiger partial charge in [0.25, 0.3) is 0 Å². The fourth-order valence-corrected chi connectivity index (χ4v) is 3.71.